The van der Waals surface area contributed by atoms with E-state index in [1.54, 1.807) is 13.8 Å². The van der Waals surface area contributed by atoms with Crippen molar-refractivity contribution in [1.29, 1.82) is 0 Å². The SMILES string of the molecule is CC(NC(=O)C1[C@H]2CCC(=O)[C@H]2CN1C(=O)C(NC(=O)CO)C(C)C)C(=O)C(=O)NC1CC1.CCC.CCC. The van der Waals surface area contributed by atoms with Gasteiger partial charge in [-0.15, -0.1) is 0 Å². The predicted octanol–water partition coefficient (Wildman–Crippen LogP) is 1.11. The Labute approximate surface area is 232 Å². The van der Waals surface area contributed by atoms with E-state index in [0.717, 1.165) is 12.8 Å². The fourth-order valence-electron chi connectivity index (χ4n) is 4.63. The fraction of sp³-hybridized carbons (Fsp3) is 0.786. The first-order valence-corrected chi connectivity index (χ1v) is 14.3. The van der Waals surface area contributed by atoms with Gasteiger partial charge in [0, 0.05) is 30.8 Å². The van der Waals surface area contributed by atoms with Crippen LogP contribution in [0.15, 0.2) is 0 Å². The van der Waals surface area contributed by atoms with Gasteiger partial charge in [-0.3, -0.25) is 28.8 Å². The minimum absolute atomic E-state index is 0.000320. The molecule has 2 aliphatic carbocycles. The number of amides is 4. The zero-order valence-corrected chi connectivity index (χ0v) is 24.5. The summed E-state index contributed by atoms with van der Waals surface area (Å²) < 4.78 is 0. The Morgan fingerprint density at radius 3 is 2.00 bits per heavy atom. The Bertz CT molecular complexity index is 885. The van der Waals surface area contributed by atoms with Crippen molar-refractivity contribution in [2.24, 2.45) is 17.8 Å². The lowest BCUT2D eigenvalue weighted by molar-refractivity contribution is -0.145. The molecule has 3 fully saturated rings. The first kappa shape index (κ1) is 34.2. The molecule has 4 N–H and O–H groups in total. The van der Waals surface area contributed by atoms with Gasteiger partial charge in [-0.2, -0.15) is 0 Å². The molecular formula is C28H48N4O7. The maximum absolute atomic E-state index is 13.4. The van der Waals surface area contributed by atoms with Crippen molar-refractivity contribution in [3.8, 4) is 0 Å². The molecule has 2 saturated carbocycles. The predicted molar refractivity (Wildman–Crippen MR) is 146 cm³/mol. The van der Waals surface area contributed by atoms with E-state index in [0.29, 0.717) is 12.8 Å². The maximum atomic E-state index is 13.4. The van der Waals surface area contributed by atoms with Crippen LogP contribution in [0.25, 0.3) is 0 Å². The van der Waals surface area contributed by atoms with E-state index < -0.39 is 66.0 Å². The van der Waals surface area contributed by atoms with Crippen LogP contribution >= 0.6 is 0 Å². The summed E-state index contributed by atoms with van der Waals surface area (Å²) in [5.41, 5.74) is 0. The molecule has 3 aliphatic rings. The Morgan fingerprint density at radius 1 is 0.949 bits per heavy atom. The van der Waals surface area contributed by atoms with E-state index in [-0.39, 0.29) is 24.3 Å². The first-order chi connectivity index (χ1) is 18.4. The third kappa shape index (κ3) is 9.70. The van der Waals surface area contributed by atoms with Gasteiger partial charge < -0.3 is 26.0 Å². The second-order valence-corrected chi connectivity index (χ2v) is 10.9. The molecule has 5 atom stereocenters. The molecule has 222 valence electrons. The summed E-state index contributed by atoms with van der Waals surface area (Å²) in [4.78, 5) is 76.4. The number of ketones is 2. The van der Waals surface area contributed by atoms with Gasteiger partial charge in [0.15, 0.2) is 0 Å². The number of rotatable bonds is 9. The third-order valence-corrected chi connectivity index (χ3v) is 6.62. The van der Waals surface area contributed by atoms with Crippen LogP contribution in [0.2, 0.25) is 0 Å². The second kappa shape index (κ2) is 16.3. The van der Waals surface area contributed by atoms with Crippen LogP contribution in [-0.4, -0.2) is 82.5 Å². The largest absolute Gasteiger partial charge is 0.387 e. The summed E-state index contributed by atoms with van der Waals surface area (Å²) >= 11 is 0. The Balaban J connectivity index is 0.00000116. The molecule has 0 bridgehead atoms. The average molecular weight is 553 g/mol. The number of fused-ring (bicyclic) bond motifs is 1. The molecule has 0 aromatic rings. The second-order valence-electron chi connectivity index (χ2n) is 10.9. The highest BCUT2D eigenvalue weighted by Gasteiger charge is 2.54. The van der Waals surface area contributed by atoms with Crippen LogP contribution in [0, 0.1) is 17.8 Å². The van der Waals surface area contributed by atoms with E-state index in [1.807, 2.05) is 0 Å². The molecule has 1 heterocycles. The minimum atomic E-state index is -1.10. The van der Waals surface area contributed by atoms with E-state index >= 15 is 0 Å². The van der Waals surface area contributed by atoms with E-state index in [1.165, 1.54) is 24.7 Å². The lowest BCUT2D eigenvalue weighted by atomic mass is 9.92. The topological polar surface area (TPSA) is 162 Å². The van der Waals surface area contributed by atoms with Crippen molar-refractivity contribution in [2.75, 3.05) is 13.2 Å². The lowest BCUT2D eigenvalue weighted by Crippen LogP contribution is -2.58. The number of nitrogens with zero attached hydrogens (tertiary/aromatic N) is 1. The molecule has 4 amide bonds. The van der Waals surface area contributed by atoms with Gasteiger partial charge in [-0.1, -0.05) is 54.4 Å². The molecule has 0 aromatic carbocycles. The van der Waals surface area contributed by atoms with Gasteiger partial charge in [0.25, 0.3) is 5.91 Å². The van der Waals surface area contributed by atoms with Crippen molar-refractivity contribution < 1.29 is 33.9 Å². The highest BCUT2D eigenvalue weighted by molar-refractivity contribution is 6.38. The molecule has 3 rings (SSSR count). The molecule has 3 unspecified atom stereocenters. The fourth-order valence-corrected chi connectivity index (χ4v) is 4.63. The van der Waals surface area contributed by atoms with Crippen molar-refractivity contribution in [1.82, 2.24) is 20.9 Å². The minimum Gasteiger partial charge on any atom is -0.387 e. The van der Waals surface area contributed by atoms with Crippen molar-refractivity contribution in [3.05, 3.63) is 0 Å². The Hall–Kier alpha value is -2.82. The first-order valence-electron chi connectivity index (χ1n) is 14.3. The van der Waals surface area contributed by atoms with Crippen LogP contribution in [0.3, 0.4) is 0 Å². The molecule has 0 aromatic heterocycles. The van der Waals surface area contributed by atoms with E-state index in [2.05, 4.69) is 43.6 Å². The van der Waals surface area contributed by atoms with Crippen LogP contribution in [0.1, 0.15) is 87.0 Å². The summed E-state index contributed by atoms with van der Waals surface area (Å²) in [6.07, 6.45) is 4.89. The number of hydrogen-bond donors (Lipinski definition) is 4. The third-order valence-electron chi connectivity index (χ3n) is 6.62. The molecule has 11 heteroatoms. The van der Waals surface area contributed by atoms with Crippen molar-refractivity contribution in [2.45, 2.75) is 111 Å². The normalized spacial score (nSPS) is 22.8. The number of Topliss-reactive ketones (excluding diaryl/α,β-unsaturated/α-hetero) is 2. The van der Waals surface area contributed by atoms with Crippen LogP contribution in [0.5, 0.6) is 0 Å². The standard InChI is InChI=1S/C22H32N4O7.2C3H8/c1-10(2)17(25-16(29)9-27)22(33)26-8-14-13(6-7-15(14)28)18(26)20(31)23-11(3)19(30)21(32)24-12-4-5-12;2*1-3-2/h10-14,17-18,27H,4-9H2,1-3H3,(H,23,31)(H,24,32)(H,25,29);2*3H2,1-2H3/t11?,13-,14-,17?,18?;;/m0../s1. The lowest BCUT2D eigenvalue weighted by Gasteiger charge is -2.32. The number of aliphatic hydroxyl groups is 1. The number of aliphatic hydroxyl groups excluding tert-OH is 1. The van der Waals surface area contributed by atoms with Crippen LogP contribution in [0.4, 0.5) is 0 Å². The Kier molecular flexibility index (Phi) is 14.3. The zero-order chi connectivity index (χ0) is 29.9. The van der Waals surface area contributed by atoms with Gasteiger partial charge >= 0.3 is 0 Å². The van der Waals surface area contributed by atoms with Crippen LogP contribution in [-0.2, 0) is 28.8 Å². The summed E-state index contributed by atoms with van der Waals surface area (Å²) in [7, 11) is 0. The van der Waals surface area contributed by atoms with Gasteiger partial charge in [0.05, 0.1) is 6.04 Å². The van der Waals surface area contributed by atoms with Gasteiger partial charge in [0.1, 0.15) is 24.5 Å². The zero-order valence-electron chi connectivity index (χ0n) is 24.5. The monoisotopic (exact) mass is 552 g/mol. The highest BCUT2D eigenvalue weighted by atomic mass is 16.3. The van der Waals surface area contributed by atoms with Crippen molar-refractivity contribution >= 4 is 35.2 Å². The maximum Gasteiger partial charge on any atom is 0.289 e. The number of hydrogen-bond acceptors (Lipinski definition) is 7. The summed E-state index contributed by atoms with van der Waals surface area (Å²) in [5.74, 6) is -4.65. The van der Waals surface area contributed by atoms with E-state index in [4.69, 9.17) is 5.11 Å². The molecule has 11 nitrogen and oxygen atoms in total. The van der Waals surface area contributed by atoms with E-state index in [9.17, 15) is 28.8 Å². The number of nitrogens with one attached hydrogen (secondary N) is 3. The summed E-state index contributed by atoms with van der Waals surface area (Å²) in [6, 6.07) is -3.08. The molecular weight excluding hydrogens is 504 g/mol. The molecule has 0 spiro atoms. The van der Waals surface area contributed by atoms with Gasteiger partial charge in [0.2, 0.25) is 23.5 Å². The van der Waals surface area contributed by atoms with Gasteiger partial charge in [-0.05, 0) is 32.1 Å². The number of likely N-dealkylation sites (tertiary alicyclic amines) is 1. The average Bonchev–Trinajstić information content (AvgIpc) is 3.50. The number of carbonyl (C=O) groups excluding carboxylic acids is 6. The summed E-state index contributed by atoms with van der Waals surface area (Å²) in [5, 5.41) is 16.7. The van der Waals surface area contributed by atoms with Crippen molar-refractivity contribution in [3.63, 3.8) is 0 Å². The van der Waals surface area contributed by atoms with Crippen LogP contribution < -0.4 is 16.0 Å². The smallest absolute Gasteiger partial charge is 0.289 e. The number of carbonyl (C=O) groups is 6. The molecule has 0 radical (unpaired) electrons. The quantitative estimate of drug-likeness (QED) is 0.312. The highest BCUT2D eigenvalue weighted by Crippen LogP contribution is 2.40. The molecule has 1 aliphatic heterocycles. The summed E-state index contributed by atoms with van der Waals surface area (Å²) in [6.45, 7) is 12.6. The Morgan fingerprint density at radius 2 is 1.51 bits per heavy atom. The van der Waals surface area contributed by atoms with Gasteiger partial charge in [-0.25, -0.2) is 0 Å². The molecule has 1 saturated heterocycles. The molecule has 39 heavy (non-hydrogen) atoms.